The van der Waals surface area contributed by atoms with Crippen LogP contribution in [0.25, 0.3) is 0 Å². The van der Waals surface area contributed by atoms with Crippen LogP contribution in [0, 0.1) is 0 Å². The number of ether oxygens (including phenoxy) is 2. The highest BCUT2D eigenvalue weighted by Gasteiger charge is 2.09. The molecule has 2 nitrogen and oxygen atoms in total. The van der Waals surface area contributed by atoms with Crippen LogP contribution in [0.1, 0.15) is 12.0 Å². The van der Waals surface area contributed by atoms with Gasteiger partial charge in [0.25, 0.3) is 0 Å². The molecule has 0 aliphatic rings. The molecule has 16 heavy (non-hydrogen) atoms. The number of benzene rings is 1. The first-order valence-corrected chi connectivity index (χ1v) is 7.10. The molecule has 0 saturated carbocycles. The van der Waals surface area contributed by atoms with Gasteiger partial charge in [0.15, 0.2) is 11.5 Å². The van der Waals surface area contributed by atoms with Crippen LogP contribution in [0.2, 0.25) is 0 Å². The van der Waals surface area contributed by atoms with Crippen LogP contribution >= 0.6 is 23.4 Å². The van der Waals surface area contributed by atoms with Gasteiger partial charge < -0.3 is 9.47 Å². The summed E-state index contributed by atoms with van der Waals surface area (Å²) < 4.78 is 11.0. The van der Waals surface area contributed by atoms with Gasteiger partial charge in [0.2, 0.25) is 0 Å². The Hall–Kier alpha value is -0.540. The molecule has 90 valence electrons. The molecule has 0 aliphatic carbocycles. The Balaban J connectivity index is 2.67. The van der Waals surface area contributed by atoms with Crippen LogP contribution in [0.5, 0.6) is 11.5 Å². The average molecular weight is 261 g/mol. The number of hydrogen-bond acceptors (Lipinski definition) is 3. The van der Waals surface area contributed by atoms with E-state index in [4.69, 9.17) is 21.1 Å². The summed E-state index contributed by atoms with van der Waals surface area (Å²) in [6.07, 6.45) is 3.12. The van der Waals surface area contributed by atoms with Crippen molar-refractivity contribution < 1.29 is 9.47 Å². The van der Waals surface area contributed by atoms with Crippen LogP contribution in [0.3, 0.4) is 0 Å². The zero-order valence-corrected chi connectivity index (χ0v) is 11.2. The van der Waals surface area contributed by atoms with E-state index in [0.717, 1.165) is 29.2 Å². The van der Waals surface area contributed by atoms with E-state index < -0.39 is 0 Å². The van der Waals surface area contributed by atoms with Crippen molar-refractivity contribution in [2.24, 2.45) is 0 Å². The van der Waals surface area contributed by atoms with Gasteiger partial charge in [-0.15, -0.1) is 11.6 Å². The van der Waals surface area contributed by atoms with Crippen LogP contribution in [0.4, 0.5) is 0 Å². The smallest absolute Gasteiger partial charge is 0.165 e. The first-order chi connectivity index (χ1) is 7.83. The number of hydrogen-bond donors (Lipinski definition) is 0. The predicted octanol–water partition coefficient (Wildman–Crippen LogP) is 3.57. The van der Waals surface area contributed by atoms with Crippen molar-refractivity contribution in [3.8, 4) is 11.5 Å². The molecule has 0 spiro atoms. The van der Waals surface area contributed by atoms with Gasteiger partial charge in [0, 0.05) is 5.56 Å². The normalized spacial score (nSPS) is 10.2. The van der Waals surface area contributed by atoms with Gasteiger partial charge in [0.1, 0.15) is 0 Å². The fraction of sp³-hybridized carbons (Fsp3) is 0.500. The summed E-state index contributed by atoms with van der Waals surface area (Å²) in [7, 11) is 1.64. The minimum atomic E-state index is 0.440. The van der Waals surface area contributed by atoms with Crippen molar-refractivity contribution in [1.29, 1.82) is 0 Å². The van der Waals surface area contributed by atoms with E-state index in [-0.39, 0.29) is 0 Å². The molecule has 0 atom stereocenters. The van der Waals surface area contributed by atoms with Gasteiger partial charge in [-0.3, -0.25) is 0 Å². The predicted molar refractivity (Wildman–Crippen MR) is 71.0 cm³/mol. The molecule has 0 radical (unpaired) electrons. The van der Waals surface area contributed by atoms with Crippen molar-refractivity contribution in [3.63, 3.8) is 0 Å². The average Bonchev–Trinajstić information content (AvgIpc) is 2.34. The number of para-hydroxylation sites is 1. The van der Waals surface area contributed by atoms with Crippen LogP contribution in [-0.2, 0) is 5.88 Å². The van der Waals surface area contributed by atoms with E-state index in [0.29, 0.717) is 12.5 Å². The standard InChI is InChI=1S/C12H17ClO2S/c1-14-11-6-3-5-10(9-13)12(11)15-7-4-8-16-2/h3,5-6H,4,7-9H2,1-2H3. The van der Waals surface area contributed by atoms with E-state index in [1.54, 1.807) is 7.11 Å². The maximum absolute atomic E-state index is 5.86. The molecular weight excluding hydrogens is 244 g/mol. The molecule has 0 fully saturated rings. The summed E-state index contributed by atoms with van der Waals surface area (Å²) in [6.45, 7) is 0.700. The van der Waals surface area contributed by atoms with E-state index in [9.17, 15) is 0 Å². The molecule has 1 aromatic carbocycles. The van der Waals surface area contributed by atoms with Gasteiger partial charge in [0.05, 0.1) is 19.6 Å². The number of alkyl halides is 1. The van der Waals surface area contributed by atoms with Gasteiger partial charge in [-0.2, -0.15) is 11.8 Å². The van der Waals surface area contributed by atoms with Crippen molar-refractivity contribution in [1.82, 2.24) is 0 Å². The third kappa shape index (κ3) is 3.80. The Kier molecular flexibility index (Phi) is 6.50. The summed E-state index contributed by atoms with van der Waals surface area (Å²) in [6, 6.07) is 5.77. The molecule has 0 heterocycles. The molecule has 0 saturated heterocycles. The van der Waals surface area contributed by atoms with Crippen molar-refractivity contribution in [2.45, 2.75) is 12.3 Å². The maximum atomic E-state index is 5.86. The molecule has 0 unspecified atom stereocenters. The molecule has 4 heteroatoms. The van der Waals surface area contributed by atoms with Gasteiger partial charge >= 0.3 is 0 Å². The Morgan fingerprint density at radius 3 is 2.81 bits per heavy atom. The third-order valence-electron chi connectivity index (χ3n) is 2.16. The Labute approximate surface area is 106 Å². The fourth-order valence-corrected chi connectivity index (χ4v) is 1.99. The van der Waals surface area contributed by atoms with Crippen molar-refractivity contribution in [3.05, 3.63) is 23.8 Å². The summed E-state index contributed by atoms with van der Waals surface area (Å²) in [5, 5.41) is 0. The van der Waals surface area contributed by atoms with Crippen molar-refractivity contribution in [2.75, 3.05) is 25.7 Å². The number of rotatable bonds is 7. The summed E-state index contributed by atoms with van der Waals surface area (Å²) in [5.74, 6) is 3.07. The lowest BCUT2D eigenvalue weighted by Crippen LogP contribution is -2.02. The van der Waals surface area contributed by atoms with E-state index in [1.165, 1.54) is 0 Å². The summed E-state index contributed by atoms with van der Waals surface area (Å²) in [4.78, 5) is 0. The molecule has 0 amide bonds. The Morgan fingerprint density at radius 1 is 1.38 bits per heavy atom. The number of methoxy groups -OCH3 is 1. The lowest BCUT2D eigenvalue weighted by molar-refractivity contribution is 0.293. The highest BCUT2D eigenvalue weighted by atomic mass is 35.5. The molecule has 0 bridgehead atoms. The van der Waals surface area contributed by atoms with Crippen LogP contribution in [0.15, 0.2) is 18.2 Å². The fourth-order valence-electron chi connectivity index (χ4n) is 1.37. The number of thioether (sulfide) groups is 1. The molecule has 1 aromatic rings. The minimum absolute atomic E-state index is 0.440. The lowest BCUT2D eigenvalue weighted by atomic mass is 10.2. The largest absolute Gasteiger partial charge is 0.493 e. The summed E-state index contributed by atoms with van der Waals surface area (Å²) in [5.41, 5.74) is 0.977. The molecule has 0 aromatic heterocycles. The molecular formula is C12H17ClO2S. The Bertz CT molecular complexity index is 296. The zero-order valence-electron chi connectivity index (χ0n) is 9.66. The SMILES string of the molecule is COc1cccc(CCl)c1OCCCSC. The minimum Gasteiger partial charge on any atom is -0.493 e. The van der Waals surface area contributed by atoms with Gasteiger partial charge in [-0.25, -0.2) is 0 Å². The Morgan fingerprint density at radius 2 is 2.19 bits per heavy atom. The quantitative estimate of drug-likeness (QED) is 0.552. The topological polar surface area (TPSA) is 18.5 Å². The van der Waals surface area contributed by atoms with Crippen LogP contribution in [-0.4, -0.2) is 25.7 Å². The number of halogens is 1. The maximum Gasteiger partial charge on any atom is 0.165 e. The third-order valence-corrected chi connectivity index (χ3v) is 3.15. The molecule has 0 aliphatic heterocycles. The van der Waals surface area contributed by atoms with Crippen molar-refractivity contribution >= 4 is 23.4 Å². The molecule has 0 N–H and O–H groups in total. The van der Waals surface area contributed by atoms with Gasteiger partial charge in [-0.05, 0) is 24.5 Å². The second-order valence-corrected chi connectivity index (χ2v) is 4.53. The van der Waals surface area contributed by atoms with Crippen LogP contribution < -0.4 is 9.47 Å². The van der Waals surface area contributed by atoms with E-state index in [2.05, 4.69) is 6.26 Å². The summed E-state index contributed by atoms with van der Waals surface area (Å²) >= 11 is 7.68. The highest BCUT2D eigenvalue weighted by molar-refractivity contribution is 7.98. The lowest BCUT2D eigenvalue weighted by Gasteiger charge is -2.13. The first-order valence-electron chi connectivity index (χ1n) is 5.17. The van der Waals surface area contributed by atoms with E-state index >= 15 is 0 Å². The highest BCUT2D eigenvalue weighted by Crippen LogP contribution is 2.32. The second-order valence-electron chi connectivity index (χ2n) is 3.28. The monoisotopic (exact) mass is 260 g/mol. The second kappa shape index (κ2) is 7.69. The molecule has 1 rings (SSSR count). The van der Waals surface area contributed by atoms with E-state index in [1.807, 2.05) is 30.0 Å². The van der Waals surface area contributed by atoms with Gasteiger partial charge in [-0.1, -0.05) is 12.1 Å². The first kappa shape index (κ1) is 13.5. The zero-order chi connectivity index (χ0) is 11.8.